The molecule has 1 heterocycles. The molecule has 2 rings (SSSR count). The van der Waals surface area contributed by atoms with Crippen LogP contribution >= 0.6 is 11.5 Å². The van der Waals surface area contributed by atoms with Crippen LogP contribution in [0.2, 0.25) is 0 Å². The third-order valence-corrected chi connectivity index (χ3v) is 6.14. The molecule has 9 nitrogen and oxygen atoms in total. The van der Waals surface area contributed by atoms with Crippen LogP contribution in [0.5, 0.6) is 11.5 Å². The molecule has 148 valence electrons. The van der Waals surface area contributed by atoms with E-state index in [0.29, 0.717) is 23.7 Å². The molecule has 0 aliphatic heterocycles. The number of phenols is 1. The highest BCUT2D eigenvalue weighted by molar-refractivity contribution is 7.91. The van der Waals surface area contributed by atoms with Gasteiger partial charge >= 0.3 is 0 Å². The summed E-state index contributed by atoms with van der Waals surface area (Å²) in [6.07, 6.45) is 1.31. The minimum Gasteiger partial charge on any atom is -0.504 e. The number of nitrogens with one attached hydrogen (secondary N) is 1. The van der Waals surface area contributed by atoms with Gasteiger partial charge in [-0.2, -0.15) is 14.6 Å². The molecule has 0 saturated carbocycles. The van der Waals surface area contributed by atoms with Crippen LogP contribution in [-0.2, 0) is 14.6 Å². The van der Waals surface area contributed by atoms with Gasteiger partial charge in [0.1, 0.15) is 11.6 Å². The fourth-order valence-corrected chi connectivity index (χ4v) is 3.65. The molecule has 0 spiro atoms. The van der Waals surface area contributed by atoms with Crippen LogP contribution in [0.1, 0.15) is 26.3 Å². The van der Waals surface area contributed by atoms with E-state index < -0.39 is 21.0 Å². The van der Waals surface area contributed by atoms with Gasteiger partial charge in [-0.3, -0.25) is 10.1 Å². The van der Waals surface area contributed by atoms with Crippen molar-refractivity contribution in [1.82, 2.24) is 9.36 Å². The number of aromatic hydroxyl groups is 1. The maximum Gasteiger partial charge on any atom is 0.268 e. The predicted octanol–water partition coefficient (Wildman–Crippen LogP) is 2.37. The lowest BCUT2D eigenvalue weighted by molar-refractivity contribution is -0.112. The van der Waals surface area contributed by atoms with Gasteiger partial charge in [0.2, 0.25) is 15.0 Å². The number of sulfone groups is 1. The van der Waals surface area contributed by atoms with E-state index in [4.69, 9.17) is 4.74 Å². The highest BCUT2D eigenvalue weighted by Gasteiger charge is 2.25. The van der Waals surface area contributed by atoms with E-state index >= 15 is 0 Å². The van der Waals surface area contributed by atoms with E-state index in [1.165, 1.54) is 38.1 Å². The molecule has 0 fully saturated rings. The fourth-order valence-electron chi connectivity index (χ4n) is 1.96. The smallest absolute Gasteiger partial charge is 0.268 e. The maximum absolute atomic E-state index is 12.3. The van der Waals surface area contributed by atoms with Crippen LogP contribution in [0, 0.1) is 11.3 Å². The standard InChI is InChI=1S/C17H18N4O5S2/c1-4-26-14-8-11(5-6-13(14)22)7-12(9-18)15(23)19-16-20-17(21-27-16)28(24,25)10(2)3/h5-8,10,22H,4H2,1-3H3,(H,19,20,21,23). The summed E-state index contributed by atoms with van der Waals surface area (Å²) < 4.78 is 33.1. The second-order valence-corrected chi connectivity index (χ2v) is 8.91. The second kappa shape index (κ2) is 8.81. The number of anilines is 1. The summed E-state index contributed by atoms with van der Waals surface area (Å²) in [7, 11) is -3.66. The number of ether oxygens (including phenoxy) is 1. The van der Waals surface area contributed by atoms with Crippen LogP contribution in [0.4, 0.5) is 5.13 Å². The van der Waals surface area contributed by atoms with Crippen LogP contribution in [0.25, 0.3) is 6.08 Å². The van der Waals surface area contributed by atoms with Crippen molar-refractivity contribution >= 4 is 38.5 Å². The Balaban J connectivity index is 2.23. The molecular weight excluding hydrogens is 404 g/mol. The second-order valence-electron chi connectivity index (χ2n) is 5.76. The largest absolute Gasteiger partial charge is 0.504 e. The topological polar surface area (TPSA) is 142 Å². The molecule has 1 aromatic heterocycles. The number of amides is 1. The average molecular weight is 422 g/mol. The van der Waals surface area contributed by atoms with E-state index in [2.05, 4.69) is 14.7 Å². The number of carbonyl (C=O) groups is 1. The van der Waals surface area contributed by atoms with Gasteiger partial charge in [-0.05, 0) is 44.5 Å². The average Bonchev–Trinajstić information content (AvgIpc) is 3.11. The lowest BCUT2D eigenvalue weighted by Crippen LogP contribution is -2.16. The van der Waals surface area contributed by atoms with Crippen molar-refractivity contribution in [1.29, 1.82) is 5.26 Å². The Labute approximate surface area is 166 Å². The van der Waals surface area contributed by atoms with E-state index in [0.717, 1.165) is 0 Å². The van der Waals surface area contributed by atoms with Gasteiger partial charge in [0, 0.05) is 11.5 Å². The SMILES string of the molecule is CCOc1cc(C=C(C#N)C(=O)Nc2nc(S(=O)(=O)C(C)C)ns2)ccc1O. The van der Waals surface area contributed by atoms with Crippen LogP contribution in [-0.4, -0.2) is 40.6 Å². The zero-order chi connectivity index (χ0) is 20.9. The van der Waals surface area contributed by atoms with Crippen molar-refractivity contribution in [2.75, 3.05) is 11.9 Å². The summed E-state index contributed by atoms with van der Waals surface area (Å²) in [5, 5.41) is 20.3. The van der Waals surface area contributed by atoms with Gasteiger partial charge in [-0.15, -0.1) is 0 Å². The molecule has 11 heteroatoms. The lowest BCUT2D eigenvalue weighted by Gasteiger charge is -2.06. The quantitative estimate of drug-likeness (QED) is 0.511. The molecule has 0 aliphatic rings. The van der Waals surface area contributed by atoms with Crippen molar-refractivity contribution in [3.05, 3.63) is 29.3 Å². The Morgan fingerprint density at radius 3 is 2.79 bits per heavy atom. The third kappa shape index (κ3) is 4.85. The summed E-state index contributed by atoms with van der Waals surface area (Å²) >= 11 is 0.705. The van der Waals surface area contributed by atoms with Crippen molar-refractivity contribution in [2.24, 2.45) is 0 Å². The Bertz CT molecular complexity index is 1050. The first-order valence-electron chi connectivity index (χ1n) is 8.15. The summed E-state index contributed by atoms with van der Waals surface area (Å²) in [4.78, 5) is 16.1. The van der Waals surface area contributed by atoms with E-state index in [9.17, 15) is 23.6 Å². The number of benzene rings is 1. The summed E-state index contributed by atoms with van der Waals surface area (Å²) in [5.41, 5.74) is 0.227. The van der Waals surface area contributed by atoms with Gasteiger partial charge in [0.25, 0.3) is 11.1 Å². The van der Waals surface area contributed by atoms with Crippen LogP contribution < -0.4 is 10.1 Å². The Hall–Kier alpha value is -2.97. The molecule has 2 aromatic rings. The number of hydrogen-bond acceptors (Lipinski definition) is 9. The van der Waals surface area contributed by atoms with Gasteiger partial charge in [-0.25, -0.2) is 8.42 Å². The molecule has 2 N–H and O–H groups in total. The number of carbonyl (C=O) groups excluding carboxylic acids is 1. The highest BCUT2D eigenvalue weighted by atomic mass is 32.2. The van der Waals surface area contributed by atoms with Gasteiger partial charge in [0.05, 0.1) is 11.9 Å². The molecule has 0 bridgehead atoms. The molecule has 1 amide bonds. The van der Waals surface area contributed by atoms with Gasteiger partial charge in [0.15, 0.2) is 11.5 Å². The Kier molecular flexibility index (Phi) is 6.71. The van der Waals surface area contributed by atoms with Crippen molar-refractivity contribution in [3.63, 3.8) is 0 Å². The monoisotopic (exact) mass is 422 g/mol. The first-order chi connectivity index (χ1) is 13.2. The van der Waals surface area contributed by atoms with E-state index in [1.807, 2.05) is 0 Å². The lowest BCUT2D eigenvalue weighted by atomic mass is 10.1. The highest BCUT2D eigenvalue weighted by Crippen LogP contribution is 2.28. The number of nitriles is 1. The Morgan fingerprint density at radius 2 is 2.18 bits per heavy atom. The minimum atomic E-state index is -3.66. The molecule has 0 radical (unpaired) electrons. The summed E-state index contributed by atoms with van der Waals surface area (Å²) in [6.45, 7) is 5.09. The van der Waals surface area contributed by atoms with Crippen LogP contribution in [0.15, 0.2) is 28.9 Å². The first kappa shape index (κ1) is 21.3. The summed E-state index contributed by atoms with van der Waals surface area (Å²) in [6, 6.07) is 6.16. The zero-order valence-corrected chi connectivity index (χ0v) is 17.0. The number of phenolic OH excluding ortho intramolecular Hbond substituents is 1. The van der Waals surface area contributed by atoms with E-state index in [1.54, 1.807) is 13.0 Å². The Morgan fingerprint density at radius 1 is 1.46 bits per heavy atom. The zero-order valence-electron chi connectivity index (χ0n) is 15.3. The van der Waals surface area contributed by atoms with Crippen molar-refractivity contribution < 1.29 is 23.1 Å². The van der Waals surface area contributed by atoms with Crippen molar-refractivity contribution in [3.8, 4) is 17.6 Å². The fraction of sp³-hybridized carbons (Fsp3) is 0.294. The minimum absolute atomic E-state index is 0.0360. The number of nitrogens with zero attached hydrogens (tertiary/aromatic N) is 3. The molecule has 1 aromatic carbocycles. The van der Waals surface area contributed by atoms with Gasteiger partial charge in [-0.1, -0.05) is 6.07 Å². The van der Waals surface area contributed by atoms with Crippen molar-refractivity contribution in [2.45, 2.75) is 31.2 Å². The number of hydrogen-bond donors (Lipinski definition) is 2. The maximum atomic E-state index is 12.3. The third-order valence-electron chi connectivity index (χ3n) is 3.46. The number of rotatable bonds is 7. The normalized spacial score (nSPS) is 11.9. The molecule has 28 heavy (non-hydrogen) atoms. The molecule has 0 saturated heterocycles. The van der Waals surface area contributed by atoms with E-state index in [-0.39, 0.29) is 27.4 Å². The molecule has 0 unspecified atom stereocenters. The summed E-state index contributed by atoms with van der Waals surface area (Å²) in [5.74, 6) is -0.602. The van der Waals surface area contributed by atoms with Crippen LogP contribution in [0.3, 0.4) is 0 Å². The van der Waals surface area contributed by atoms with Gasteiger partial charge < -0.3 is 9.84 Å². The first-order valence-corrected chi connectivity index (χ1v) is 10.5. The predicted molar refractivity (Wildman–Crippen MR) is 104 cm³/mol. The number of aromatic nitrogens is 2. The molecule has 0 aliphatic carbocycles. The molecule has 0 atom stereocenters. The molecular formula is C17H18N4O5S2.